The quantitative estimate of drug-likeness (QED) is 0.676. The Morgan fingerprint density at radius 1 is 1.50 bits per heavy atom. The van der Waals surface area contributed by atoms with Gasteiger partial charge >= 0.3 is 0 Å². The number of aromatic nitrogens is 2. The van der Waals surface area contributed by atoms with E-state index in [4.69, 9.17) is 0 Å². The van der Waals surface area contributed by atoms with Crippen LogP contribution in [0.15, 0.2) is 18.6 Å². The van der Waals surface area contributed by atoms with Crippen molar-refractivity contribution in [2.24, 2.45) is 5.41 Å². The van der Waals surface area contributed by atoms with Crippen LogP contribution >= 0.6 is 0 Å². The Hall–Kier alpha value is -0.960. The molecule has 1 aliphatic carbocycles. The summed E-state index contributed by atoms with van der Waals surface area (Å²) in [5.74, 6) is 0. The molecule has 0 radical (unpaired) electrons. The maximum Gasteiger partial charge on any atom is 0.115 e. The molecule has 1 aliphatic rings. The minimum absolute atomic E-state index is 0.0264. The smallest absolute Gasteiger partial charge is 0.115 e. The zero-order chi connectivity index (χ0) is 8.82. The minimum atomic E-state index is -0.712. The molecule has 0 aliphatic heterocycles. The van der Waals surface area contributed by atoms with Gasteiger partial charge in [0.1, 0.15) is 11.9 Å². The fraction of sp³-hybridized carbons (Fsp3) is 0.556. The normalized spacial score (nSPS) is 31.6. The van der Waals surface area contributed by atoms with Crippen LogP contribution in [0, 0.1) is 5.41 Å². The van der Waals surface area contributed by atoms with Crippen molar-refractivity contribution in [2.45, 2.75) is 25.9 Å². The fourth-order valence-corrected chi connectivity index (χ4v) is 1.57. The topological polar surface area (TPSA) is 46.0 Å². The van der Waals surface area contributed by atoms with Crippen molar-refractivity contribution in [3.05, 3.63) is 24.3 Å². The average molecular weight is 164 g/mol. The number of hydrogen-bond donors (Lipinski definition) is 1. The number of aliphatic hydroxyl groups is 1. The molecule has 1 atom stereocenters. The first-order valence-corrected chi connectivity index (χ1v) is 4.05. The molecule has 0 saturated heterocycles. The van der Waals surface area contributed by atoms with Gasteiger partial charge in [-0.2, -0.15) is 0 Å². The van der Waals surface area contributed by atoms with E-state index in [1.807, 2.05) is 13.8 Å². The highest BCUT2D eigenvalue weighted by Crippen LogP contribution is 2.61. The summed E-state index contributed by atoms with van der Waals surface area (Å²) in [7, 11) is 0. The molecule has 3 heteroatoms. The van der Waals surface area contributed by atoms with E-state index in [-0.39, 0.29) is 5.41 Å². The van der Waals surface area contributed by atoms with Crippen LogP contribution < -0.4 is 0 Å². The molecule has 2 rings (SSSR count). The summed E-state index contributed by atoms with van der Waals surface area (Å²) in [6.07, 6.45) is 3.92. The van der Waals surface area contributed by atoms with Crippen molar-refractivity contribution in [2.75, 3.05) is 0 Å². The molecule has 12 heavy (non-hydrogen) atoms. The highest BCUT2D eigenvalue weighted by Gasteiger charge is 2.62. The van der Waals surface area contributed by atoms with Gasteiger partial charge in [0.05, 0.1) is 5.69 Å². The Bertz CT molecular complexity index is 297. The van der Waals surface area contributed by atoms with Gasteiger partial charge in [0, 0.05) is 11.6 Å². The molecule has 3 nitrogen and oxygen atoms in total. The van der Waals surface area contributed by atoms with Crippen LogP contribution in [0.1, 0.15) is 26.0 Å². The molecule has 0 spiro atoms. The Morgan fingerprint density at radius 3 is 2.58 bits per heavy atom. The van der Waals surface area contributed by atoms with Gasteiger partial charge in [0.2, 0.25) is 0 Å². The van der Waals surface area contributed by atoms with Gasteiger partial charge in [0.25, 0.3) is 0 Å². The third kappa shape index (κ3) is 0.862. The van der Waals surface area contributed by atoms with Gasteiger partial charge in [-0.05, 0) is 12.5 Å². The van der Waals surface area contributed by atoms with E-state index in [1.54, 1.807) is 12.3 Å². The lowest BCUT2D eigenvalue weighted by molar-refractivity contribution is 0.104. The standard InChI is InChI=1S/C9H12N2O/c1-8(2)5-9(8,12)7-3-4-10-6-11-7/h3-4,6,12H,5H2,1-2H3. The van der Waals surface area contributed by atoms with Crippen LogP contribution in [0.3, 0.4) is 0 Å². The summed E-state index contributed by atoms with van der Waals surface area (Å²) in [6.45, 7) is 4.07. The van der Waals surface area contributed by atoms with E-state index in [9.17, 15) is 5.11 Å². The monoisotopic (exact) mass is 164 g/mol. The average Bonchev–Trinajstić information content (AvgIpc) is 2.55. The van der Waals surface area contributed by atoms with E-state index in [0.29, 0.717) is 0 Å². The zero-order valence-electron chi connectivity index (χ0n) is 7.28. The first kappa shape index (κ1) is 7.68. The number of rotatable bonds is 1. The molecule has 0 amide bonds. The van der Waals surface area contributed by atoms with Gasteiger partial charge in [-0.3, -0.25) is 0 Å². The van der Waals surface area contributed by atoms with Gasteiger partial charge in [-0.15, -0.1) is 0 Å². The Kier molecular flexibility index (Phi) is 1.31. The molecule has 1 fully saturated rings. The van der Waals surface area contributed by atoms with E-state index in [2.05, 4.69) is 9.97 Å². The van der Waals surface area contributed by atoms with Crippen LogP contribution in [0.25, 0.3) is 0 Å². The van der Waals surface area contributed by atoms with Crippen molar-refractivity contribution in [1.29, 1.82) is 0 Å². The van der Waals surface area contributed by atoms with Crippen molar-refractivity contribution in [3.8, 4) is 0 Å². The molecule has 1 heterocycles. The Morgan fingerprint density at radius 2 is 2.17 bits per heavy atom. The Balaban J connectivity index is 2.35. The molecule has 0 bridgehead atoms. The van der Waals surface area contributed by atoms with Gasteiger partial charge in [-0.25, -0.2) is 9.97 Å². The lowest BCUT2D eigenvalue weighted by Crippen LogP contribution is -2.14. The molecule has 0 aromatic carbocycles. The minimum Gasteiger partial charge on any atom is -0.383 e. The maximum atomic E-state index is 10.0. The summed E-state index contributed by atoms with van der Waals surface area (Å²) in [6, 6.07) is 1.77. The van der Waals surface area contributed by atoms with Crippen molar-refractivity contribution < 1.29 is 5.11 Å². The third-order valence-electron chi connectivity index (χ3n) is 2.70. The number of nitrogens with zero attached hydrogens (tertiary/aromatic N) is 2. The van der Waals surface area contributed by atoms with Crippen molar-refractivity contribution in [3.63, 3.8) is 0 Å². The molecule has 1 aromatic rings. The van der Waals surface area contributed by atoms with Crippen LogP contribution in [0.2, 0.25) is 0 Å². The maximum absolute atomic E-state index is 10.0. The third-order valence-corrected chi connectivity index (χ3v) is 2.70. The zero-order valence-corrected chi connectivity index (χ0v) is 7.28. The van der Waals surface area contributed by atoms with Crippen molar-refractivity contribution >= 4 is 0 Å². The summed E-state index contributed by atoms with van der Waals surface area (Å²) in [5.41, 5.74) is -0.000370. The first-order valence-electron chi connectivity index (χ1n) is 4.05. The molecule has 1 N–H and O–H groups in total. The van der Waals surface area contributed by atoms with Crippen LogP contribution in [-0.4, -0.2) is 15.1 Å². The summed E-state index contributed by atoms with van der Waals surface area (Å²) in [5, 5.41) is 10.0. The summed E-state index contributed by atoms with van der Waals surface area (Å²) in [4.78, 5) is 7.86. The molecule has 1 saturated carbocycles. The van der Waals surface area contributed by atoms with Crippen LogP contribution in [0.4, 0.5) is 0 Å². The lowest BCUT2D eigenvalue weighted by atomic mass is 10.0. The van der Waals surface area contributed by atoms with Crippen LogP contribution in [-0.2, 0) is 5.60 Å². The molecule has 1 aromatic heterocycles. The van der Waals surface area contributed by atoms with Crippen LogP contribution in [0.5, 0.6) is 0 Å². The fourth-order valence-electron chi connectivity index (χ4n) is 1.57. The summed E-state index contributed by atoms with van der Waals surface area (Å²) < 4.78 is 0. The molecule has 64 valence electrons. The van der Waals surface area contributed by atoms with E-state index in [0.717, 1.165) is 12.1 Å². The van der Waals surface area contributed by atoms with Crippen molar-refractivity contribution in [1.82, 2.24) is 9.97 Å². The molecular formula is C9H12N2O. The second-order valence-electron chi connectivity index (χ2n) is 4.02. The highest BCUT2D eigenvalue weighted by atomic mass is 16.3. The SMILES string of the molecule is CC1(C)CC1(O)c1ccncn1. The van der Waals surface area contributed by atoms with Gasteiger partial charge in [-0.1, -0.05) is 13.8 Å². The molecular weight excluding hydrogens is 152 g/mol. The second kappa shape index (κ2) is 2.04. The van der Waals surface area contributed by atoms with E-state index < -0.39 is 5.60 Å². The summed E-state index contributed by atoms with van der Waals surface area (Å²) >= 11 is 0. The van der Waals surface area contributed by atoms with E-state index >= 15 is 0 Å². The van der Waals surface area contributed by atoms with E-state index in [1.165, 1.54) is 6.33 Å². The largest absolute Gasteiger partial charge is 0.383 e. The predicted octanol–water partition coefficient (Wildman–Crippen LogP) is 1.09. The highest BCUT2D eigenvalue weighted by molar-refractivity contribution is 5.25. The Labute approximate surface area is 71.5 Å². The van der Waals surface area contributed by atoms with Gasteiger partial charge in [0.15, 0.2) is 0 Å². The first-order chi connectivity index (χ1) is 5.56. The predicted molar refractivity (Wildman–Crippen MR) is 44.3 cm³/mol. The molecule has 1 unspecified atom stereocenters. The number of hydrogen-bond acceptors (Lipinski definition) is 3. The lowest BCUT2D eigenvalue weighted by Gasteiger charge is -2.11. The van der Waals surface area contributed by atoms with Gasteiger partial charge < -0.3 is 5.11 Å². The second-order valence-corrected chi connectivity index (χ2v) is 4.02.